The monoisotopic (exact) mass is 605 g/mol. The number of hydrogen-bond acceptors (Lipinski definition) is 5. The van der Waals surface area contributed by atoms with Gasteiger partial charge in [-0.2, -0.15) is 0 Å². The highest BCUT2D eigenvalue weighted by Crippen LogP contribution is 2.26. The molecule has 2 heterocycles. The molecule has 0 saturated carbocycles. The molecule has 3 aromatic rings. The summed E-state index contributed by atoms with van der Waals surface area (Å²) in [6.45, 7) is 11.1. The van der Waals surface area contributed by atoms with Crippen LogP contribution in [0.1, 0.15) is 42.1 Å². The summed E-state index contributed by atoms with van der Waals surface area (Å²) >= 11 is 6.15. The van der Waals surface area contributed by atoms with Gasteiger partial charge in [0.1, 0.15) is 5.82 Å². The van der Waals surface area contributed by atoms with E-state index in [1.54, 1.807) is 12.1 Å². The third kappa shape index (κ3) is 8.22. The van der Waals surface area contributed by atoms with Crippen molar-refractivity contribution < 1.29 is 9.18 Å². The summed E-state index contributed by atoms with van der Waals surface area (Å²) in [7, 11) is 0. The lowest BCUT2D eigenvalue weighted by Crippen LogP contribution is -2.57. The number of carbonyl (C=O) groups is 1. The summed E-state index contributed by atoms with van der Waals surface area (Å²) in [6.07, 6.45) is 1.53. The number of hydrogen-bond donors (Lipinski definition) is 2. The lowest BCUT2D eigenvalue weighted by molar-refractivity contribution is -0.135. The fraction of sp³-hybridized carbons (Fsp3) is 0.457. The number of halogens is 2. The second-order valence-corrected chi connectivity index (χ2v) is 12.2. The minimum Gasteiger partial charge on any atom is -0.339 e. The second-order valence-electron chi connectivity index (χ2n) is 11.7. The van der Waals surface area contributed by atoms with Crippen molar-refractivity contribution in [3.8, 4) is 0 Å². The van der Waals surface area contributed by atoms with Gasteiger partial charge in [-0.3, -0.25) is 9.69 Å². The molecule has 3 aromatic carbocycles. The van der Waals surface area contributed by atoms with E-state index in [4.69, 9.17) is 11.6 Å². The zero-order valence-electron chi connectivity index (χ0n) is 25.4. The van der Waals surface area contributed by atoms with Crippen LogP contribution in [-0.4, -0.2) is 85.0 Å². The quantitative estimate of drug-likeness (QED) is 0.307. The first-order valence-corrected chi connectivity index (χ1v) is 16.1. The van der Waals surface area contributed by atoms with Gasteiger partial charge in [-0.05, 0) is 60.8 Å². The topological polar surface area (TPSA) is 50.9 Å². The number of piperazine rings is 1. The Morgan fingerprint density at radius 3 is 2.35 bits per heavy atom. The van der Waals surface area contributed by atoms with Gasteiger partial charge in [0.15, 0.2) is 0 Å². The third-order valence-electron chi connectivity index (χ3n) is 9.08. The van der Waals surface area contributed by atoms with Crippen LogP contribution in [0.4, 0.5) is 4.39 Å². The van der Waals surface area contributed by atoms with Crippen molar-refractivity contribution >= 4 is 17.5 Å². The Morgan fingerprint density at radius 2 is 1.65 bits per heavy atom. The summed E-state index contributed by atoms with van der Waals surface area (Å²) in [4.78, 5) is 20.7. The molecule has 0 bridgehead atoms. The average Bonchev–Trinajstić information content (AvgIpc) is 3.05. The largest absolute Gasteiger partial charge is 0.339 e. The molecule has 43 heavy (non-hydrogen) atoms. The molecular formula is C35H45ClFN5O. The van der Waals surface area contributed by atoms with Gasteiger partial charge in [-0.1, -0.05) is 80.0 Å². The Morgan fingerprint density at radius 1 is 0.977 bits per heavy atom. The Bertz CT molecular complexity index is 1330. The molecule has 0 radical (unpaired) electrons. The van der Waals surface area contributed by atoms with E-state index in [0.29, 0.717) is 44.2 Å². The summed E-state index contributed by atoms with van der Waals surface area (Å²) in [5.74, 6) is -0.0404. The van der Waals surface area contributed by atoms with E-state index in [9.17, 15) is 9.18 Å². The number of likely N-dealkylation sites (N-methyl/N-ethyl adjacent to an activating group) is 1. The number of carbonyl (C=O) groups excluding carboxylic acids is 1. The standard InChI is InChI=1S/C35H45ClFN5O/c1-3-40(4-2)25-34(31-11-7-8-12-32(31)37)41-17-19-42(20-18-41)35(43)33(21-26-13-15-29(36)16-14-26)39-24-30-22-27-9-5-6-10-28(27)23-38-30/h5-16,30,33-34,38-39H,3-4,17-25H2,1-2H3/t30-,33-,34?/m1/s1. The maximum Gasteiger partial charge on any atom is 0.240 e. The molecule has 8 heteroatoms. The van der Waals surface area contributed by atoms with Crippen LogP contribution in [-0.2, 0) is 24.2 Å². The van der Waals surface area contributed by atoms with E-state index in [1.807, 2.05) is 41.3 Å². The summed E-state index contributed by atoms with van der Waals surface area (Å²) in [6, 6.07) is 23.3. The molecule has 6 nitrogen and oxygen atoms in total. The van der Waals surface area contributed by atoms with Gasteiger partial charge in [0, 0.05) is 62.4 Å². The number of benzene rings is 3. The van der Waals surface area contributed by atoms with Crippen molar-refractivity contribution in [2.24, 2.45) is 0 Å². The molecule has 5 rings (SSSR count). The SMILES string of the molecule is CCN(CC)CC(c1ccccc1F)N1CCN(C(=O)[C@@H](Cc2ccc(Cl)cc2)NC[C@H]2Cc3ccccc3CN2)CC1. The molecule has 1 saturated heterocycles. The van der Waals surface area contributed by atoms with Crippen molar-refractivity contribution in [2.45, 2.75) is 51.4 Å². The number of rotatable bonds is 12. The van der Waals surface area contributed by atoms with E-state index < -0.39 is 0 Å². The van der Waals surface area contributed by atoms with Crippen LogP contribution in [0.5, 0.6) is 0 Å². The predicted molar refractivity (Wildman–Crippen MR) is 173 cm³/mol. The lowest BCUT2D eigenvalue weighted by atomic mass is 9.95. The highest BCUT2D eigenvalue weighted by Gasteiger charge is 2.32. The van der Waals surface area contributed by atoms with E-state index in [0.717, 1.165) is 43.7 Å². The fourth-order valence-corrected chi connectivity index (χ4v) is 6.54. The molecule has 0 aliphatic carbocycles. The zero-order chi connectivity index (χ0) is 30.2. The van der Waals surface area contributed by atoms with Crippen molar-refractivity contribution in [1.82, 2.24) is 25.3 Å². The maximum absolute atomic E-state index is 15.0. The highest BCUT2D eigenvalue weighted by atomic mass is 35.5. The molecule has 1 unspecified atom stereocenters. The molecule has 0 aromatic heterocycles. The summed E-state index contributed by atoms with van der Waals surface area (Å²) in [5.41, 5.74) is 4.53. The Kier molecular flexibility index (Phi) is 11.2. The maximum atomic E-state index is 15.0. The van der Waals surface area contributed by atoms with Gasteiger partial charge in [0.05, 0.1) is 12.1 Å². The molecule has 2 N–H and O–H groups in total. The Balaban J connectivity index is 1.26. The van der Waals surface area contributed by atoms with Gasteiger partial charge >= 0.3 is 0 Å². The second kappa shape index (κ2) is 15.3. The van der Waals surface area contributed by atoms with Crippen LogP contribution in [0.2, 0.25) is 5.02 Å². The van der Waals surface area contributed by atoms with Gasteiger partial charge in [-0.25, -0.2) is 4.39 Å². The lowest BCUT2D eigenvalue weighted by Gasteiger charge is -2.42. The highest BCUT2D eigenvalue weighted by molar-refractivity contribution is 6.30. The first-order chi connectivity index (χ1) is 20.9. The van der Waals surface area contributed by atoms with Crippen LogP contribution in [0.3, 0.4) is 0 Å². The molecular weight excluding hydrogens is 561 g/mol. The summed E-state index contributed by atoms with van der Waals surface area (Å²) < 4.78 is 15.0. The normalized spacial score (nSPS) is 18.8. The molecule has 1 amide bonds. The molecule has 3 atom stereocenters. The molecule has 2 aliphatic heterocycles. The van der Waals surface area contributed by atoms with Crippen LogP contribution in [0.25, 0.3) is 0 Å². The van der Waals surface area contributed by atoms with E-state index >= 15 is 0 Å². The minimum atomic E-state index is -0.343. The zero-order valence-corrected chi connectivity index (χ0v) is 26.2. The van der Waals surface area contributed by atoms with Crippen LogP contribution >= 0.6 is 11.6 Å². The van der Waals surface area contributed by atoms with Crippen LogP contribution in [0.15, 0.2) is 72.8 Å². The Labute approximate surface area is 261 Å². The molecule has 0 spiro atoms. The van der Waals surface area contributed by atoms with Crippen LogP contribution in [0, 0.1) is 5.82 Å². The van der Waals surface area contributed by atoms with Crippen molar-refractivity contribution in [1.29, 1.82) is 0 Å². The van der Waals surface area contributed by atoms with Gasteiger partial charge in [-0.15, -0.1) is 0 Å². The number of nitrogens with one attached hydrogen (secondary N) is 2. The number of fused-ring (bicyclic) bond motifs is 1. The third-order valence-corrected chi connectivity index (χ3v) is 9.34. The van der Waals surface area contributed by atoms with Gasteiger partial charge in [0.25, 0.3) is 0 Å². The average molecular weight is 606 g/mol. The number of nitrogens with zero attached hydrogens (tertiary/aromatic N) is 3. The smallest absolute Gasteiger partial charge is 0.240 e. The first kappa shape index (κ1) is 31.6. The van der Waals surface area contributed by atoms with E-state index in [1.165, 1.54) is 11.1 Å². The van der Waals surface area contributed by atoms with Crippen molar-refractivity contribution in [3.63, 3.8) is 0 Å². The fourth-order valence-electron chi connectivity index (χ4n) is 6.41. The number of amides is 1. The van der Waals surface area contributed by atoms with Crippen molar-refractivity contribution in [2.75, 3.05) is 52.4 Å². The Hall–Kier alpha value is -2.81. The molecule has 1 fully saturated rings. The van der Waals surface area contributed by atoms with Gasteiger partial charge in [0.2, 0.25) is 5.91 Å². The predicted octanol–water partition coefficient (Wildman–Crippen LogP) is 4.92. The molecule has 2 aliphatic rings. The van der Waals surface area contributed by atoms with E-state index in [-0.39, 0.29) is 29.8 Å². The van der Waals surface area contributed by atoms with Gasteiger partial charge < -0.3 is 20.4 Å². The van der Waals surface area contributed by atoms with E-state index in [2.05, 4.69) is 58.5 Å². The first-order valence-electron chi connectivity index (χ1n) is 15.7. The minimum absolute atomic E-state index is 0.0541. The van der Waals surface area contributed by atoms with Crippen molar-refractivity contribution in [3.05, 3.63) is 106 Å². The molecule has 230 valence electrons. The summed E-state index contributed by atoms with van der Waals surface area (Å²) in [5, 5.41) is 7.96. The van der Waals surface area contributed by atoms with Crippen LogP contribution < -0.4 is 10.6 Å².